The summed E-state index contributed by atoms with van der Waals surface area (Å²) in [6, 6.07) is 13.6. The van der Waals surface area contributed by atoms with Gasteiger partial charge in [-0.3, -0.25) is 4.79 Å². The van der Waals surface area contributed by atoms with Crippen LogP contribution in [0.1, 0.15) is 94.8 Å². The van der Waals surface area contributed by atoms with E-state index in [1.54, 1.807) is 0 Å². The number of nitrogens with one attached hydrogen (secondary N) is 1. The molecule has 0 unspecified atom stereocenters. The van der Waals surface area contributed by atoms with E-state index in [0.29, 0.717) is 11.5 Å². The molecule has 0 aliphatic heterocycles. The number of carbonyl (C=O) groups excluding carboxylic acids is 2. The van der Waals surface area contributed by atoms with Crippen molar-refractivity contribution in [1.29, 1.82) is 0 Å². The second-order valence-corrected chi connectivity index (χ2v) is 10.3. The van der Waals surface area contributed by atoms with Crippen molar-refractivity contribution in [3.8, 4) is 0 Å². The van der Waals surface area contributed by atoms with Crippen LogP contribution in [0.25, 0.3) is 0 Å². The fourth-order valence-electron chi connectivity index (χ4n) is 3.27. The molecule has 31 heavy (non-hydrogen) atoms. The minimum atomic E-state index is -0.484. The molecule has 0 aliphatic rings. The van der Waals surface area contributed by atoms with Gasteiger partial charge < -0.3 is 10.1 Å². The number of benzene rings is 2. The molecule has 0 aliphatic carbocycles. The van der Waals surface area contributed by atoms with Gasteiger partial charge in [-0.15, -0.1) is 0 Å². The second-order valence-electron chi connectivity index (χ2n) is 10.3. The molecule has 2 aromatic carbocycles. The highest BCUT2D eigenvalue weighted by atomic mass is 16.5. The Morgan fingerprint density at radius 2 is 1.48 bits per heavy atom. The van der Waals surface area contributed by atoms with Crippen LogP contribution < -0.4 is 5.32 Å². The third kappa shape index (κ3) is 6.68. The maximum absolute atomic E-state index is 12.8. The van der Waals surface area contributed by atoms with Gasteiger partial charge in [0.1, 0.15) is 0 Å². The summed E-state index contributed by atoms with van der Waals surface area (Å²) < 4.78 is 5.37. The van der Waals surface area contributed by atoms with Gasteiger partial charge in [-0.1, -0.05) is 79.7 Å². The number of para-hydroxylation sites is 1. The molecule has 168 valence electrons. The molecule has 1 amide bonds. The number of hydrogen-bond donors (Lipinski definition) is 1. The van der Waals surface area contributed by atoms with Crippen LogP contribution >= 0.6 is 0 Å². The Kier molecular flexibility index (Phi) is 7.69. The molecule has 0 saturated heterocycles. The van der Waals surface area contributed by atoms with Gasteiger partial charge in [0.15, 0.2) is 6.61 Å². The van der Waals surface area contributed by atoms with Gasteiger partial charge in [-0.25, -0.2) is 4.79 Å². The zero-order valence-corrected chi connectivity index (χ0v) is 20.3. The van der Waals surface area contributed by atoms with E-state index < -0.39 is 5.97 Å². The Balaban J connectivity index is 2.15. The molecule has 0 spiro atoms. The van der Waals surface area contributed by atoms with E-state index in [4.69, 9.17) is 4.74 Å². The zero-order valence-electron chi connectivity index (χ0n) is 20.3. The van der Waals surface area contributed by atoms with Gasteiger partial charge in [0.05, 0.1) is 5.56 Å². The highest BCUT2D eigenvalue weighted by Crippen LogP contribution is 2.31. The fourth-order valence-corrected chi connectivity index (χ4v) is 3.27. The maximum atomic E-state index is 12.8. The summed E-state index contributed by atoms with van der Waals surface area (Å²) in [6.45, 7) is 16.6. The van der Waals surface area contributed by atoms with Crippen LogP contribution in [0.5, 0.6) is 0 Å². The van der Waals surface area contributed by atoms with E-state index in [1.807, 2.05) is 36.4 Å². The Morgan fingerprint density at radius 3 is 2.00 bits per heavy atom. The minimum absolute atomic E-state index is 0.104. The first-order valence-electron chi connectivity index (χ1n) is 11.0. The van der Waals surface area contributed by atoms with Gasteiger partial charge in [-0.2, -0.15) is 0 Å². The summed E-state index contributed by atoms with van der Waals surface area (Å²) in [4.78, 5) is 25.3. The first kappa shape index (κ1) is 24.6. The first-order valence-corrected chi connectivity index (χ1v) is 11.0. The molecule has 1 N–H and O–H groups in total. The predicted octanol–water partition coefficient (Wildman–Crippen LogP) is 6.59. The molecule has 4 heteroatoms. The number of amides is 1. The average Bonchev–Trinajstić information content (AvgIpc) is 2.70. The number of hydrogen-bond acceptors (Lipinski definition) is 3. The van der Waals surface area contributed by atoms with Gasteiger partial charge in [0.25, 0.3) is 5.91 Å². The van der Waals surface area contributed by atoms with E-state index in [-0.39, 0.29) is 23.3 Å². The number of rotatable bonds is 6. The standard InChI is InChI=1S/C27H37NO3/c1-9-18(2)22-12-10-11-13-23(22)28-24(29)17-31-25(30)19-14-20(26(3,4)5)16-21(15-19)27(6,7)8/h10-16,18H,9,17H2,1-8H3,(H,28,29)/t18-/m1/s1. The lowest BCUT2D eigenvalue weighted by atomic mass is 9.79. The lowest BCUT2D eigenvalue weighted by Gasteiger charge is -2.25. The third-order valence-corrected chi connectivity index (χ3v) is 5.61. The van der Waals surface area contributed by atoms with Crippen molar-refractivity contribution in [3.05, 3.63) is 64.7 Å². The van der Waals surface area contributed by atoms with Crippen LogP contribution in [0.15, 0.2) is 42.5 Å². The first-order chi connectivity index (χ1) is 14.3. The number of esters is 1. The number of anilines is 1. The molecule has 0 radical (unpaired) electrons. The van der Waals surface area contributed by atoms with Crippen molar-refractivity contribution in [3.63, 3.8) is 0 Å². The Labute approximate surface area is 187 Å². The summed E-state index contributed by atoms with van der Waals surface area (Å²) in [5, 5.41) is 2.89. The lowest BCUT2D eigenvalue weighted by molar-refractivity contribution is -0.119. The van der Waals surface area contributed by atoms with Crippen LogP contribution in [0.3, 0.4) is 0 Å². The highest BCUT2D eigenvalue weighted by Gasteiger charge is 2.23. The largest absolute Gasteiger partial charge is 0.452 e. The quantitative estimate of drug-likeness (QED) is 0.533. The van der Waals surface area contributed by atoms with Crippen LogP contribution in [0.2, 0.25) is 0 Å². The van der Waals surface area contributed by atoms with Crippen molar-refractivity contribution >= 4 is 17.6 Å². The summed E-state index contributed by atoms with van der Waals surface area (Å²) in [6.07, 6.45) is 0.974. The SMILES string of the molecule is CC[C@@H](C)c1ccccc1NC(=O)COC(=O)c1cc(C(C)(C)C)cc(C(C)(C)C)c1. The molecule has 1 atom stereocenters. The average molecular weight is 424 g/mol. The Hall–Kier alpha value is -2.62. The lowest BCUT2D eigenvalue weighted by Crippen LogP contribution is -2.23. The normalized spacial score (nSPS) is 12.9. The third-order valence-electron chi connectivity index (χ3n) is 5.61. The highest BCUT2D eigenvalue weighted by molar-refractivity contribution is 5.96. The van der Waals surface area contributed by atoms with Crippen molar-refractivity contribution in [2.45, 2.75) is 78.6 Å². The summed E-state index contributed by atoms with van der Waals surface area (Å²) >= 11 is 0. The van der Waals surface area contributed by atoms with Crippen LogP contribution in [-0.2, 0) is 20.4 Å². The van der Waals surface area contributed by atoms with Crippen LogP contribution in [0, 0.1) is 0 Å². The number of ether oxygens (including phenoxy) is 1. The summed E-state index contributed by atoms with van der Waals surface area (Å²) in [5.41, 5.74) is 4.25. The van der Waals surface area contributed by atoms with E-state index in [1.165, 1.54) is 0 Å². The topological polar surface area (TPSA) is 55.4 Å². The van der Waals surface area contributed by atoms with Crippen LogP contribution in [-0.4, -0.2) is 18.5 Å². The molecule has 2 rings (SSSR count). The predicted molar refractivity (Wildman–Crippen MR) is 128 cm³/mol. The van der Waals surface area contributed by atoms with Gasteiger partial charge in [0.2, 0.25) is 0 Å². The van der Waals surface area contributed by atoms with Crippen molar-refractivity contribution in [2.24, 2.45) is 0 Å². The molecule has 2 aromatic rings. The van der Waals surface area contributed by atoms with Crippen molar-refractivity contribution < 1.29 is 14.3 Å². The smallest absolute Gasteiger partial charge is 0.338 e. The summed E-state index contributed by atoms with van der Waals surface area (Å²) in [5.74, 6) is -0.496. The molecular weight excluding hydrogens is 386 g/mol. The monoisotopic (exact) mass is 423 g/mol. The van der Waals surface area contributed by atoms with Crippen molar-refractivity contribution in [2.75, 3.05) is 11.9 Å². The fraction of sp³-hybridized carbons (Fsp3) is 0.481. The van der Waals surface area contributed by atoms with E-state index >= 15 is 0 Å². The van der Waals surface area contributed by atoms with E-state index in [2.05, 4.69) is 66.8 Å². The van der Waals surface area contributed by atoms with E-state index in [0.717, 1.165) is 28.8 Å². The molecule has 0 heterocycles. The molecule has 4 nitrogen and oxygen atoms in total. The zero-order chi connectivity index (χ0) is 23.4. The van der Waals surface area contributed by atoms with Gasteiger partial charge in [0, 0.05) is 5.69 Å². The van der Waals surface area contributed by atoms with Crippen LogP contribution in [0.4, 0.5) is 5.69 Å². The Morgan fingerprint density at radius 1 is 0.935 bits per heavy atom. The summed E-state index contributed by atoms with van der Waals surface area (Å²) in [7, 11) is 0. The van der Waals surface area contributed by atoms with E-state index in [9.17, 15) is 9.59 Å². The van der Waals surface area contributed by atoms with Gasteiger partial charge >= 0.3 is 5.97 Å². The Bertz CT molecular complexity index is 900. The maximum Gasteiger partial charge on any atom is 0.338 e. The van der Waals surface area contributed by atoms with Gasteiger partial charge in [-0.05, 0) is 58.1 Å². The molecular formula is C27H37NO3. The minimum Gasteiger partial charge on any atom is -0.452 e. The molecule has 0 bridgehead atoms. The molecule has 0 aromatic heterocycles. The molecule has 0 saturated carbocycles. The molecule has 0 fully saturated rings. The number of carbonyl (C=O) groups is 2. The second kappa shape index (κ2) is 9.67. The van der Waals surface area contributed by atoms with Crippen molar-refractivity contribution in [1.82, 2.24) is 0 Å².